The summed E-state index contributed by atoms with van der Waals surface area (Å²) < 4.78 is 5.27. The Hall–Kier alpha value is -2.03. The Labute approximate surface area is 112 Å². The third kappa shape index (κ3) is 3.25. The smallest absolute Gasteiger partial charge is 0.338 e. The first-order chi connectivity index (χ1) is 9.10. The summed E-state index contributed by atoms with van der Waals surface area (Å²) >= 11 is 0. The fourth-order valence-corrected chi connectivity index (χ4v) is 1.78. The van der Waals surface area contributed by atoms with E-state index < -0.39 is 0 Å². The van der Waals surface area contributed by atoms with Crippen molar-refractivity contribution < 1.29 is 14.6 Å². The quantitative estimate of drug-likeness (QED) is 0.849. The van der Waals surface area contributed by atoms with E-state index in [0.717, 1.165) is 17.2 Å². The Bertz CT molecular complexity index is 590. The Kier molecular flexibility index (Phi) is 4.05. The summed E-state index contributed by atoms with van der Waals surface area (Å²) in [7, 11) is 0. The molecule has 2 rings (SSSR count). The van der Waals surface area contributed by atoms with Gasteiger partial charge in [-0.15, -0.1) is 0 Å². The highest BCUT2D eigenvalue weighted by Gasteiger charge is 2.09. The van der Waals surface area contributed by atoms with Gasteiger partial charge in [0.1, 0.15) is 5.75 Å². The van der Waals surface area contributed by atoms with Gasteiger partial charge in [0.05, 0.1) is 12.2 Å². The monoisotopic (exact) mass is 258 g/mol. The number of phenolic OH excluding ortho intramolecular Hbond substituents is 1. The van der Waals surface area contributed by atoms with E-state index in [1.54, 1.807) is 30.3 Å². The maximum absolute atomic E-state index is 11.9. The highest BCUT2D eigenvalue weighted by molar-refractivity contribution is 5.95. The van der Waals surface area contributed by atoms with Crippen LogP contribution < -0.4 is 0 Å². The highest BCUT2D eigenvalue weighted by atomic mass is 16.5. The van der Waals surface area contributed by atoms with Crippen LogP contribution >= 0.6 is 0 Å². The Morgan fingerprint density at radius 1 is 1.21 bits per heavy atom. The number of carbonyl (C=O) groups excluding carboxylic acids is 1. The number of phenols is 1. The zero-order valence-electron chi connectivity index (χ0n) is 11.2. The van der Waals surface area contributed by atoms with Crippen LogP contribution in [0.5, 0.6) is 5.75 Å². The predicted octanol–water partition coefficient (Wildman–Crippen LogP) is 3.75. The van der Waals surface area contributed by atoms with Crippen molar-refractivity contribution in [2.24, 2.45) is 5.92 Å². The van der Waals surface area contributed by atoms with E-state index in [9.17, 15) is 9.90 Å². The molecule has 0 aliphatic carbocycles. The standard InChI is InChI=1S/C16H18O3/c1-3-11(2)10-19-16(18)14-5-4-13-9-15(17)7-6-12(13)8-14/h4-9,11,17H,3,10H2,1-2H3. The zero-order valence-corrected chi connectivity index (χ0v) is 11.2. The Balaban J connectivity index is 2.16. The second-order valence-electron chi connectivity index (χ2n) is 4.86. The van der Waals surface area contributed by atoms with E-state index in [-0.39, 0.29) is 11.7 Å². The van der Waals surface area contributed by atoms with Gasteiger partial charge >= 0.3 is 5.97 Å². The number of ether oxygens (including phenoxy) is 1. The molecule has 0 radical (unpaired) electrons. The lowest BCUT2D eigenvalue weighted by molar-refractivity contribution is 0.0447. The molecular weight excluding hydrogens is 240 g/mol. The van der Waals surface area contributed by atoms with Gasteiger partial charge in [0.15, 0.2) is 0 Å². The van der Waals surface area contributed by atoms with Crippen molar-refractivity contribution in [1.82, 2.24) is 0 Å². The molecule has 0 fully saturated rings. The van der Waals surface area contributed by atoms with Crippen molar-refractivity contribution in [3.63, 3.8) is 0 Å². The maximum atomic E-state index is 11.9. The van der Waals surface area contributed by atoms with E-state index in [1.807, 2.05) is 6.07 Å². The van der Waals surface area contributed by atoms with E-state index in [1.165, 1.54) is 0 Å². The number of carbonyl (C=O) groups is 1. The topological polar surface area (TPSA) is 46.5 Å². The zero-order chi connectivity index (χ0) is 13.8. The van der Waals surface area contributed by atoms with Crippen LogP contribution in [0.3, 0.4) is 0 Å². The molecule has 19 heavy (non-hydrogen) atoms. The minimum atomic E-state index is -0.296. The molecule has 0 aliphatic heterocycles. The van der Waals surface area contributed by atoms with E-state index in [2.05, 4.69) is 13.8 Å². The molecule has 0 aromatic heterocycles. The summed E-state index contributed by atoms with van der Waals surface area (Å²) in [5, 5.41) is 11.2. The minimum absolute atomic E-state index is 0.222. The van der Waals surface area contributed by atoms with Crippen molar-refractivity contribution in [2.45, 2.75) is 20.3 Å². The van der Waals surface area contributed by atoms with Gasteiger partial charge in [0, 0.05) is 0 Å². The summed E-state index contributed by atoms with van der Waals surface area (Å²) in [4.78, 5) is 11.9. The van der Waals surface area contributed by atoms with Crippen molar-refractivity contribution in [1.29, 1.82) is 0 Å². The Morgan fingerprint density at radius 3 is 2.63 bits per heavy atom. The van der Waals surface area contributed by atoms with Gasteiger partial charge in [-0.3, -0.25) is 0 Å². The van der Waals surface area contributed by atoms with Gasteiger partial charge in [0.2, 0.25) is 0 Å². The molecule has 0 amide bonds. The number of hydrogen-bond acceptors (Lipinski definition) is 3. The summed E-state index contributed by atoms with van der Waals surface area (Å²) in [5.41, 5.74) is 0.543. The van der Waals surface area contributed by atoms with Crippen molar-refractivity contribution in [3.05, 3.63) is 42.0 Å². The van der Waals surface area contributed by atoms with E-state index >= 15 is 0 Å². The lowest BCUT2D eigenvalue weighted by Gasteiger charge is -2.10. The van der Waals surface area contributed by atoms with E-state index in [0.29, 0.717) is 18.1 Å². The molecular formula is C16H18O3. The molecule has 0 saturated heterocycles. The third-order valence-corrected chi connectivity index (χ3v) is 3.26. The van der Waals surface area contributed by atoms with Crippen LogP contribution in [0.25, 0.3) is 10.8 Å². The normalized spacial score (nSPS) is 12.3. The van der Waals surface area contributed by atoms with Crippen LogP contribution in [-0.2, 0) is 4.74 Å². The molecule has 0 heterocycles. The predicted molar refractivity (Wildman–Crippen MR) is 75.4 cm³/mol. The number of aromatic hydroxyl groups is 1. The molecule has 0 saturated carbocycles. The molecule has 0 spiro atoms. The molecule has 0 bridgehead atoms. The number of benzene rings is 2. The van der Waals surface area contributed by atoms with Gasteiger partial charge in [-0.05, 0) is 41.0 Å². The highest BCUT2D eigenvalue weighted by Crippen LogP contribution is 2.21. The van der Waals surface area contributed by atoms with Gasteiger partial charge in [-0.1, -0.05) is 32.4 Å². The first-order valence-electron chi connectivity index (χ1n) is 6.50. The summed E-state index contributed by atoms with van der Waals surface area (Å²) in [6, 6.07) is 10.4. The Morgan fingerprint density at radius 2 is 1.89 bits per heavy atom. The lowest BCUT2D eigenvalue weighted by atomic mass is 10.1. The van der Waals surface area contributed by atoms with Crippen LogP contribution in [0.1, 0.15) is 30.6 Å². The van der Waals surface area contributed by atoms with Gasteiger partial charge in [-0.25, -0.2) is 4.79 Å². The second-order valence-corrected chi connectivity index (χ2v) is 4.86. The molecule has 3 heteroatoms. The molecule has 1 atom stereocenters. The SMILES string of the molecule is CCC(C)COC(=O)c1ccc2cc(O)ccc2c1. The van der Waals surface area contributed by atoms with Crippen molar-refractivity contribution in [3.8, 4) is 5.75 Å². The largest absolute Gasteiger partial charge is 0.508 e. The van der Waals surface area contributed by atoms with Crippen LogP contribution in [0.15, 0.2) is 36.4 Å². The lowest BCUT2D eigenvalue weighted by Crippen LogP contribution is -2.11. The molecule has 0 aliphatic rings. The average Bonchev–Trinajstić information content (AvgIpc) is 2.43. The van der Waals surface area contributed by atoms with Crippen LogP contribution in [0, 0.1) is 5.92 Å². The third-order valence-electron chi connectivity index (χ3n) is 3.26. The molecule has 2 aromatic rings. The average molecular weight is 258 g/mol. The maximum Gasteiger partial charge on any atom is 0.338 e. The molecule has 1 unspecified atom stereocenters. The number of esters is 1. The van der Waals surface area contributed by atoms with Crippen LogP contribution in [-0.4, -0.2) is 17.7 Å². The van der Waals surface area contributed by atoms with Crippen LogP contribution in [0.4, 0.5) is 0 Å². The fraction of sp³-hybridized carbons (Fsp3) is 0.312. The minimum Gasteiger partial charge on any atom is -0.508 e. The number of fused-ring (bicyclic) bond motifs is 1. The van der Waals surface area contributed by atoms with Crippen molar-refractivity contribution in [2.75, 3.05) is 6.61 Å². The molecule has 1 N–H and O–H groups in total. The second kappa shape index (κ2) is 5.74. The van der Waals surface area contributed by atoms with Gasteiger partial charge in [-0.2, -0.15) is 0 Å². The summed E-state index contributed by atoms with van der Waals surface area (Å²) in [6.07, 6.45) is 0.990. The number of rotatable bonds is 4. The van der Waals surface area contributed by atoms with E-state index in [4.69, 9.17) is 4.74 Å². The van der Waals surface area contributed by atoms with Crippen LogP contribution in [0.2, 0.25) is 0 Å². The molecule has 3 nitrogen and oxygen atoms in total. The summed E-state index contributed by atoms with van der Waals surface area (Å²) in [6.45, 7) is 4.57. The molecule has 2 aromatic carbocycles. The van der Waals surface area contributed by atoms with Gasteiger partial charge < -0.3 is 9.84 Å². The fourth-order valence-electron chi connectivity index (χ4n) is 1.78. The first-order valence-corrected chi connectivity index (χ1v) is 6.50. The first kappa shape index (κ1) is 13.4. The molecule has 100 valence electrons. The summed E-state index contributed by atoms with van der Waals surface area (Å²) in [5.74, 6) is 0.302. The van der Waals surface area contributed by atoms with Gasteiger partial charge in [0.25, 0.3) is 0 Å². The van der Waals surface area contributed by atoms with Crippen molar-refractivity contribution >= 4 is 16.7 Å². The number of hydrogen-bond donors (Lipinski definition) is 1.